The molecule has 1 atom stereocenters. The zero-order valence-electron chi connectivity index (χ0n) is 11.7. The van der Waals surface area contributed by atoms with Gasteiger partial charge in [0.05, 0.1) is 22.9 Å². The summed E-state index contributed by atoms with van der Waals surface area (Å²) in [6.45, 7) is 1.72. The van der Waals surface area contributed by atoms with Crippen LogP contribution < -0.4 is 5.32 Å². The number of nitrogens with one attached hydrogen (secondary N) is 1. The first-order valence-electron chi connectivity index (χ1n) is 6.31. The third-order valence-corrected chi connectivity index (χ3v) is 3.85. The van der Waals surface area contributed by atoms with Crippen LogP contribution in [0, 0.1) is 0 Å². The highest BCUT2D eigenvalue weighted by atomic mass is 79.9. The van der Waals surface area contributed by atoms with Crippen LogP contribution in [0.1, 0.15) is 17.5 Å². The molecule has 0 aliphatic rings. The maximum atomic E-state index is 5.87. The molecule has 0 amide bonds. The lowest BCUT2D eigenvalue weighted by atomic mass is 10.1. The molecule has 7 heteroatoms. The van der Waals surface area contributed by atoms with Crippen molar-refractivity contribution < 1.29 is 4.42 Å². The Morgan fingerprint density at radius 2 is 2.25 bits per heavy atom. The van der Waals surface area contributed by atoms with Crippen LogP contribution in [-0.2, 0) is 6.54 Å². The first-order chi connectivity index (χ1) is 9.52. The van der Waals surface area contributed by atoms with E-state index in [0.717, 1.165) is 29.0 Å². The van der Waals surface area contributed by atoms with Crippen molar-refractivity contribution in [2.45, 2.75) is 12.6 Å². The van der Waals surface area contributed by atoms with Crippen molar-refractivity contribution in [3.8, 4) is 0 Å². The van der Waals surface area contributed by atoms with E-state index in [-0.39, 0.29) is 6.04 Å². The second-order valence-electron chi connectivity index (χ2n) is 4.77. The highest BCUT2D eigenvalue weighted by molar-refractivity contribution is 9.10. The number of aromatic nitrogens is 2. The average molecular weight is 362 g/mol. The first kappa shape index (κ1) is 15.6. The summed E-state index contributed by atoms with van der Waals surface area (Å²) in [4.78, 5) is 2.12. The van der Waals surface area contributed by atoms with Crippen molar-refractivity contribution in [2.24, 2.45) is 0 Å². The predicted octanol–water partition coefficient (Wildman–Crippen LogP) is 2.76. The van der Waals surface area contributed by atoms with Gasteiger partial charge in [0, 0.05) is 6.54 Å². The van der Waals surface area contributed by atoms with Gasteiger partial charge in [0.2, 0.25) is 0 Å². The molecule has 2 aromatic rings. The standard InChI is InChI=1S/C13H18BrClN4O/c1-16-12(10-4-5-11(15)20-10)13-9(14)8-17-19(13)7-6-18(2)3/h4-5,8,12,16H,6-7H2,1-3H3. The van der Waals surface area contributed by atoms with E-state index in [4.69, 9.17) is 16.0 Å². The van der Waals surface area contributed by atoms with Crippen LogP contribution in [0.4, 0.5) is 0 Å². The van der Waals surface area contributed by atoms with E-state index in [1.54, 1.807) is 12.3 Å². The zero-order valence-corrected chi connectivity index (χ0v) is 14.1. The van der Waals surface area contributed by atoms with Crippen molar-refractivity contribution in [3.63, 3.8) is 0 Å². The molecule has 0 saturated carbocycles. The molecule has 0 aliphatic carbocycles. The van der Waals surface area contributed by atoms with Crippen LogP contribution in [0.3, 0.4) is 0 Å². The molecule has 2 aromatic heterocycles. The minimum atomic E-state index is -0.0958. The topological polar surface area (TPSA) is 46.2 Å². The lowest BCUT2D eigenvalue weighted by Crippen LogP contribution is -2.25. The molecule has 20 heavy (non-hydrogen) atoms. The number of halogens is 2. The lowest BCUT2D eigenvalue weighted by molar-refractivity contribution is 0.362. The summed E-state index contributed by atoms with van der Waals surface area (Å²) in [6.07, 6.45) is 1.81. The average Bonchev–Trinajstić information content (AvgIpc) is 2.97. The zero-order chi connectivity index (χ0) is 14.7. The largest absolute Gasteiger partial charge is 0.448 e. The van der Waals surface area contributed by atoms with Crippen molar-refractivity contribution in [1.29, 1.82) is 0 Å². The Bertz CT molecular complexity index is 566. The normalized spacial score (nSPS) is 13.1. The summed E-state index contributed by atoms with van der Waals surface area (Å²) in [6, 6.07) is 3.52. The molecule has 0 fully saturated rings. The maximum Gasteiger partial charge on any atom is 0.193 e. The van der Waals surface area contributed by atoms with E-state index in [1.807, 2.05) is 31.9 Å². The number of hydrogen-bond acceptors (Lipinski definition) is 4. The first-order valence-corrected chi connectivity index (χ1v) is 7.48. The van der Waals surface area contributed by atoms with Crippen LogP contribution in [0.2, 0.25) is 5.22 Å². The third-order valence-electron chi connectivity index (χ3n) is 3.03. The smallest absolute Gasteiger partial charge is 0.193 e. The second-order valence-corrected chi connectivity index (χ2v) is 5.99. The molecular weight excluding hydrogens is 344 g/mol. The van der Waals surface area contributed by atoms with Crippen molar-refractivity contribution in [3.05, 3.63) is 39.5 Å². The number of nitrogens with zero attached hydrogens (tertiary/aromatic N) is 3. The van der Waals surface area contributed by atoms with Crippen molar-refractivity contribution in [1.82, 2.24) is 20.0 Å². The Labute approximate surface area is 132 Å². The van der Waals surface area contributed by atoms with Gasteiger partial charge in [0.1, 0.15) is 11.8 Å². The molecule has 5 nitrogen and oxygen atoms in total. The van der Waals surface area contributed by atoms with E-state index >= 15 is 0 Å². The molecule has 0 saturated heterocycles. The summed E-state index contributed by atoms with van der Waals surface area (Å²) >= 11 is 9.43. The van der Waals surface area contributed by atoms with Gasteiger partial charge in [-0.05, 0) is 60.8 Å². The fourth-order valence-corrected chi connectivity index (χ4v) is 2.71. The van der Waals surface area contributed by atoms with Crippen LogP contribution in [-0.4, -0.2) is 42.4 Å². The van der Waals surface area contributed by atoms with Crippen molar-refractivity contribution in [2.75, 3.05) is 27.7 Å². The third kappa shape index (κ3) is 3.44. The molecule has 0 aromatic carbocycles. The lowest BCUT2D eigenvalue weighted by Gasteiger charge is -2.18. The van der Waals surface area contributed by atoms with E-state index in [1.165, 1.54) is 0 Å². The van der Waals surface area contributed by atoms with Gasteiger partial charge in [-0.25, -0.2) is 0 Å². The van der Waals surface area contributed by atoms with Crippen LogP contribution in [0.25, 0.3) is 0 Å². The molecule has 2 rings (SSSR count). The fraction of sp³-hybridized carbons (Fsp3) is 0.462. The molecule has 0 aliphatic heterocycles. The van der Waals surface area contributed by atoms with Crippen molar-refractivity contribution >= 4 is 27.5 Å². The summed E-state index contributed by atoms with van der Waals surface area (Å²) in [5, 5.41) is 8.05. The van der Waals surface area contributed by atoms with Crippen LogP contribution >= 0.6 is 27.5 Å². The Hall–Kier alpha value is -0.820. The van der Waals surface area contributed by atoms with Gasteiger partial charge in [0.25, 0.3) is 0 Å². The van der Waals surface area contributed by atoms with Gasteiger partial charge in [-0.3, -0.25) is 4.68 Å². The molecule has 110 valence electrons. The van der Waals surface area contributed by atoms with Gasteiger partial charge >= 0.3 is 0 Å². The number of furan rings is 1. The van der Waals surface area contributed by atoms with Gasteiger partial charge in [-0.2, -0.15) is 5.10 Å². The molecule has 0 bridgehead atoms. The molecular formula is C13H18BrClN4O. The summed E-state index contributed by atoms with van der Waals surface area (Å²) in [5.74, 6) is 0.768. The van der Waals surface area contributed by atoms with Gasteiger partial charge in [-0.15, -0.1) is 0 Å². The van der Waals surface area contributed by atoms with E-state index < -0.39 is 0 Å². The Kier molecular flexibility index (Phi) is 5.26. The Morgan fingerprint density at radius 1 is 1.50 bits per heavy atom. The maximum absolute atomic E-state index is 5.87. The summed E-state index contributed by atoms with van der Waals surface area (Å²) < 4.78 is 8.45. The second kappa shape index (κ2) is 6.76. The van der Waals surface area contributed by atoms with E-state index in [2.05, 4.69) is 31.2 Å². The summed E-state index contributed by atoms with van der Waals surface area (Å²) in [7, 11) is 5.97. The number of likely N-dealkylation sites (N-methyl/N-ethyl adjacent to an activating group) is 1. The minimum Gasteiger partial charge on any atom is -0.448 e. The molecule has 0 radical (unpaired) electrons. The minimum absolute atomic E-state index is 0.0958. The fourth-order valence-electron chi connectivity index (χ4n) is 2.03. The van der Waals surface area contributed by atoms with Crippen LogP contribution in [0.15, 0.2) is 27.2 Å². The molecule has 1 N–H and O–H groups in total. The van der Waals surface area contributed by atoms with Gasteiger partial charge in [-0.1, -0.05) is 0 Å². The highest BCUT2D eigenvalue weighted by Gasteiger charge is 2.23. The number of rotatable bonds is 6. The predicted molar refractivity (Wildman–Crippen MR) is 83.1 cm³/mol. The monoisotopic (exact) mass is 360 g/mol. The highest BCUT2D eigenvalue weighted by Crippen LogP contribution is 2.30. The van der Waals surface area contributed by atoms with Gasteiger partial charge < -0.3 is 14.6 Å². The Balaban J connectivity index is 2.31. The molecule has 1 unspecified atom stereocenters. The SMILES string of the molecule is CNC(c1ccc(Cl)o1)c1c(Br)cnn1CCN(C)C. The summed E-state index contributed by atoms with van der Waals surface area (Å²) in [5.41, 5.74) is 1.03. The molecule has 0 spiro atoms. The number of hydrogen-bond donors (Lipinski definition) is 1. The van der Waals surface area contributed by atoms with E-state index in [0.29, 0.717) is 5.22 Å². The Morgan fingerprint density at radius 3 is 2.80 bits per heavy atom. The quantitative estimate of drug-likeness (QED) is 0.859. The van der Waals surface area contributed by atoms with Crippen LogP contribution in [0.5, 0.6) is 0 Å². The molecule has 2 heterocycles. The van der Waals surface area contributed by atoms with Gasteiger partial charge in [0.15, 0.2) is 5.22 Å². The van der Waals surface area contributed by atoms with E-state index in [9.17, 15) is 0 Å².